The smallest absolute Gasteiger partial charge is 0.0366 e. The first kappa shape index (κ1) is 16.4. The molecule has 1 aliphatic heterocycles. The van der Waals surface area contributed by atoms with Gasteiger partial charge in [0.2, 0.25) is 0 Å². The van der Waals surface area contributed by atoms with Crippen LogP contribution in [0.5, 0.6) is 0 Å². The standard InChI is InChI=1S/C19H32N2/c1-4-7-16-8-6-14-21(15-13-16)18-11-9-17(10-12-18)19(5-2)20-3/h9-12,16,19-20H,4-8,13-15H2,1-3H3. The van der Waals surface area contributed by atoms with Gasteiger partial charge in [-0.15, -0.1) is 0 Å². The molecule has 0 saturated carbocycles. The van der Waals surface area contributed by atoms with Gasteiger partial charge in [0.05, 0.1) is 0 Å². The SMILES string of the molecule is CCCC1CCCN(c2ccc(C(CC)NC)cc2)CC1. The third kappa shape index (κ3) is 4.47. The number of hydrogen-bond donors (Lipinski definition) is 1. The van der Waals surface area contributed by atoms with E-state index in [9.17, 15) is 0 Å². The predicted octanol–water partition coefficient (Wildman–Crippen LogP) is 4.76. The van der Waals surface area contributed by atoms with Gasteiger partial charge in [0.25, 0.3) is 0 Å². The molecule has 0 bridgehead atoms. The van der Waals surface area contributed by atoms with Crippen LogP contribution in [0.25, 0.3) is 0 Å². The highest BCUT2D eigenvalue weighted by atomic mass is 15.1. The number of rotatable bonds is 6. The van der Waals surface area contributed by atoms with Gasteiger partial charge in [-0.25, -0.2) is 0 Å². The molecule has 118 valence electrons. The Morgan fingerprint density at radius 2 is 1.90 bits per heavy atom. The zero-order valence-corrected chi connectivity index (χ0v) is 14.1. The van der Waals surface area contributed by atoms with Crippen LogP contribution in [0.15, 0.2) is 24.3 Å². The molecule has 2 atom stereocenters. The van der Waals surface area contributed by atoms with Gasteiger partial charge in [-0.05, 0) is 56.3 Å². The molecule has 1 fully saturated rings. The Morgan fingerprint density at radius 1 is 1.14 bits per heavy atom. The molecule has 2 rings (SSSR count). The van der Waals surface area contributed by atoms with Crippen LogP contribution in [0.2, 0.25) is 0 Å². The number of anilines is 1. The van der Waals surface area contributed by atoms with E-state index in [-0.39, 0.29) is 0 Å². The lowest BCUT2D eigenvalue weighted by atomic mass is 9.96. The third-order valence-corrected chi connectivity index (χ3v) is 4.96. The highest BCUT2D eigenvalue weighted by Crippen LogP contribution is 2.26. The first-order chi connectivity index (χ1) is 10.3. The molecule has 0 amide bonds. The second kappa shape index (κ2) is 8.43. The summed E-state index contributed by atoms with van der Waals surface area (Å²) in [5.41, 5.74) is 2.81. The molecular formula is C19H32N2. The maximum atomic E-state index is 3.38. The Morgan fingerprint density at radius 3 is 2.52 bits per heavy atom. The van der Waals surface area contributed by atoms with Crippen molar-refractivity contribution in [2.45, 2.75) is 58.4 Å². The molecule has 2 heteroatoms. The predicted molar refractivity (Wildman–Crippen MR) is 93.0 cm³/mol. The molecule has 1 aromatic carbocycles. The Labute approximate surface area is 130 Å². The zero-order chi connectivity index (χ0) is 15.1. The molecule has 2 nitrogen and oxygen atoms in total. The van der Waals surface area contributed by atoms with E-state index < -0.39 is 0 Å². The summed E-state index contributed by atoms with van der Waals surface area (Å²) >= 11 is 0. The maximum Gasteiger partial charge on any atom is 0.0366 e. The minimum absolute atomic E-state index is 0.483. The molecule has 0 spiro atoms. The Bertz CT molecular complexity index is 395. The average molecular weight is 288 g/mol. The van der Waals surface area contributed by atoms with Crippen molar-refractivity contribution in [2.75, 3.05) is 25.0 Å². The summed E-state index contributed by atoms with van der Waals surface area (Å²) in [5.74, 6) is 0.952. The number of benzene rings is 1. The molecule has 1 saturated heterocycles. The van der Waals surface area contributed by atoms with Gasteiger partial charge in [-0.3, -0.25) is 0 Å². The molecule has 1 N–H and O–H groups in total. The highest BCUT2D eigenvalue weighted by molar-refractivity contribution is 5.48. The van der Waals surface area contributed by atoms with Crippen molar-refractivity contribution in [3.05, 3.63) is 29.8 Å². The van der Waals surface area contributed by atoms with E-state index in [0.717, 1.165) is 12.3 Å². The van der Waals surface area contributed by atoms with E-state index in [1.54, 1.807) is 0 Å². The second-order valence-electron chi connectivity index (χ2n) is 6.41. The van der Waals surface area contributed by atoms with Crippen LogP contribution < -0.4 is 10.2 Å². The number of nitrogens with zero attached hydrogens (tertiary/aromatic N) is 1. The zero-order valence-electron chi connectivity index (χ0n) is 14.1. The quantitative estimate of drug-likeness (QED) is 0.811. The molecule has 1 heterocycles. The molecule has 1 aliphatic rings. The van der Waals surface area contributed by atoms with Gasteiger partial charge in [-0.2, -0.15) is 0 Å². The first-order valence-electron chi connectivity index (χ1n) is 8.80. The van der Waals surface area contributed by atoms with Crippen molar-refractivity contribution in [3.63, 3.8) is 0 Å². The Balaban J connectivity index is 1.98. The first-order valence-corrected chi connectivity index (χ1v) is 8.80. The fourth-order valence-electron chi connectivity index (χ4n) is 3.64. The van der Waals surface area contributed by atoms with Crippen LogP contribution in [0.3, 0.4) is 0 Å². The van der Waals surface area contributed by atoms with Gasteiger partial charge in [-0.1, -0.05) is 38.8 Å². The molecule has 0 radical (unpaired) electrons. The molecule has 0 aromatic heterocycles. The van der Waals surface area contributed by atoms with E-state index >= 15 is 0 Å². The minimum Gasteiger partial charge on any atom is -0.372 e. The molecular weight excluding hydrogens is 256 g/mol. The molecule has 21 heavy (non-hydrogen) atoms. The molecule has 2 unspecified atom stereocenters. The fourth-order valence-corrected chi connectivity index (χ4v) is 3.64. The van der Waals surface area contributed by atoms with Crippen LogP contribution in [0, 0.1) is 5.92 Å². The second-order valence-corrected chi connectivity index (χ2v) is 6.41. The summed E-state index contributed by atoms with van der Waals surface area (Å²) in [6.07, 6.45) is 8.01. The normalized spacial score (nSPS) is 21.1. The van der Waals surface area contributed by atoms with E-state index in [4.69, 9.17) is 0 Å². The monoisotopic (exact) mass is 288 g/mol. The minimum atomic E-state index is 0.483. The number of nitrogens with one attached hydrogen (secondary N) is 1. The van der Waals surface area contributed by atoms with E-state index in [0.29, 0.717) is 6.04 Å². The summed E-state index contributed by atoms with van der Waals surface area (Å²) in [5, 5.41) is 3.38. The topological polar surface area (TPSA) is 15.3 Å². The summed E-state index contributed by atoms with van der Waals surface area (Å²) in [7, 11) is 2.05. The van der Waals surface area contributed by atoms with Crippen LogP contribution >= 0.6 is 0 Å². The van der Waals surface area contributed by atoms with Crippen LogP contribution in [-0.4, -0.2) is 20.1 Å². The van der Waals surface area contributed by atoms with Crippen LogP contribution in [0.4, 0.5) is 5.69 Å². The summed E-state index contributed by atoms with van der Waals surface area (Å²) < 4.78 is 0. The highest BCUT2D eigenvalue weighted by Gasteiger charge is 2.17. The van der Waals surface area contributed by atoms with Gasteiger partial charge >= 0.3 is 0 Å². The van der Waals surface area contributed by atoms with Gasteiger partial charge in [0, 0.05) is 24.8 Å². The Hall–Kier alpha value is -1.02. The Kier molecular flexibility index (Phi) is 6.56. The van der Waals surface area contributed by atoms with Crippen molar-refractivity contribution in [2.24, 2.45) is 5.92 Å². The average Bonchev–Trinajstić information content (AvgIpc) is 2.75. The van der Waals surface area contributed by atoms with E-state index in [2.05, 4.69) is 48.3 Å². The maximum absolute atomic E-state index is 3.38. The number of hydrogen-bond acceptors (Lipinski definition) is 2. The van der Waals surface area contributed by atoms with Crippen LogP contribution in [0.1, 0.15) is 64.0 Å². The van der Waals surface area contributed by atoms with E-state index in [1.807, 2.05) is 7.05 Å². The lowest BCUT2D eigenvalue weighted by Crippen LogP contribution is -2.24. The van der Waals surface area contributed by atoms with Crippen molar-refractivity contribution < 1.29 is 0 Å². The summed E-state index contributed by atoms with van der Waals surface area (Å²) in [4.78, 5) is 2.58. The van der Waals surface area contributed by atoms with Crippen LogP contribution in [-0.2, 0) is 0 Å². The lowest BCUT2D eigenvalue weighted by Gasteiger charge is -2.24. The third-order valence-electron chi connectivity index (χ3n) is 4.96. The van der Waals surface area contributed by atoms with Crippen molar-refractivity contribution in [1.29, 1.82) is 0 Å². The summed E-state index contributed by atoms with van der Waals surface area (Å²) in [6.45, 7) is 7.00. The summed E-state index contributed by atoms with van der Waals surface area (Å²) in [6, 6.07) is 9.71. The fraction of sp³-hybridized carbons (Fsp3) is 0.684. The van der Waals surface area contributed by atoms with Crippen molar-refractivity contribution in [3.8, 4) is 0 Å². The molecule has 1 aromatic rings. The van der Waals surface area contributed by atoms with Crippen molar-refractivity contribution in [1.82, 2.24) is 5.32 Å². The van der Waals surface area contributed by atoms with Gasteiger partial charge < -0.3 is 10.2 Å². The van der Waals surface area contributed by atoms with Crippen molar-refractivity contribution >= 4 is 5.69 Å². The lowest BCUT2D eigenvalue weighted by molar-refractivity contribution is 0.435. The van der Waals surface area contributed by atoms with Gasteiger partial charge in [0.1, 0.15) is 0 Å². The molecule has 0 aliphatic carbocycles. The van der Waals surface area contributed by atoms with Gasteiger partial charge in [0.15, 0.2) is 0 Å². The van der Waals surface area contributed by atoms with E-state index in [1.165, 1.54) is 56.4 Å². The largest absolute Gasteiger partial charge is 0.372 e.